The summed E-state index contributed by atoms with van der Waals surface area (Å²) >= 11 is 0. The van der Waals surface area contributed by atoms with Crippen LogP contribution in [0, 0.1) is 0 Å². The molecule has 0 saturated carbocycles. The molecule has 0 aliphatic carbocycles. The van der Waals surface area contributed by atoms with E-state index in [4.69, 9.17) is 14.2 Å². The van der Waals surface area contributed by atoms with Crippen LogP contribution in [0.25, 0.3) is 0 Å². The molecule has 0 spiro atoms. The number of hydrogen-bond acceptors (Lipinski definition) is 7. The summed E-state index contributed by atoms with van der Waals surface area (Å²) in [4.78, 5) is 36.5. The van der Waals surface area contributed by atoms with Crippen molar-refractivity contribution in [3.8, 4) is 17.2 Å². The van der Waals surface area contributed by atoms with Gasteiger partial charge >= 0.3 is 17.8 Å². The Morgan fingerprint density at radius 3 is 2.35 bits per heavy atom. The molecule has 174 valence electrons. The van der Waals surface area contributed by atoms with Crippen molar-refractivity contribution in [1.29, 1.82) is 0 Å². The number of methoxy groups -OCH3 is 1. The Morgan fingerprint density at radius 1 is 0.882 bits per heavy atom. The highest BCUT2D eigenvalue weighted by Crippen LogP contribution is 2.29. The van der Waals surface area contributed by atoms with Crippen molar-refractivity contribution < 1.29 is 28.6 Å². The summed E-state index contributed by atoms with van der Waals surface area (Å²) < 4.78 is 16.1. The van der Waals surface area contributed by atoms with Gasteiger partial charge in [0.2, 0.25) is 0 Å². The van der Waals surface area contributed by atoms with Crippen LogP contribution in [0.4, 0.5) is 5.69 Å². The summed E-state index contributed by atoms with van der Waals surface area (Å²) in [6, 6.07) is 20.1. The number of nitrogens with one attached hydrogen (secondary N) is 2. The second kappa shape index (κ2) is 11.8. The molecule has 9 nitrogen and oxygen atoms in total. The molecular formula is C25H23N3O6. The summed E-state index contributed by atoms with van der Waals surface area (Å²) in [5.41, 5.74) is 3.47. The molecule has 3 aromatic rings. The third kappa shape index (κ3) is 6.42. The summed E-state index contributed by atoms with van der Waals surface area (Å²) in [7, 11) is 1.46. The molecule has 3 rings (SSSR count). The van der Waals surface area contributed by atoms with Crippen molar-refractivity contribution in [2.75, 3.05) is 19.0 Å². The normalized spacial score (nSPS) is 10.4. The summed E-state index contributed by atoms with van der Waals surface area (Å²) in [6.07, 6.45) is 1.33. The van der Waals surface area contributed by atoms with E-state index in [-0.39, 0.29) is 5.75 Å². The molecule has 0 aliphatic rings. The number of benzene rings is 3. The second-order valence-corrected chi connectivity index (χ2v) is 6.75. The molecule has 9 heteroatoms. The molecule has 0 aromatic heterocycles. The predicted molar refractivity (Wildman–Crippen MR) is 126 cm³/mol. The number of carbonyl (C=O) groups is 3. The van der Waals surface area contributed by atoms with Crippen LogP contribution in [0.1, 0.15) is 22.8 Å². The standard InChI is InChI=1S/C25H23N3O6/c1-3-33-22-15-17(13-14-21(22)34-25(31)18-9-5-4-6-10-18)16-26-28-24(30)23(29)27-19-11-7-8-12-20(19)32-2/h4-16H,3H2,1-2H3,(H,27,29)(H,28,30)/b26-16-. The first-order valence-electron chi connectivity index (χ1n) is 10.3. The van der Waals surface area contributed by atoms with Crippen molar-refractivity contribution in [1.82, 2.24) is 5.43 Å². The van der Waals surface area contributed by atoms with Gasteiger partial charge in [-0.1, -0.05) is 30.3 Å². The van der Waals surface area contributed by atoms with Crippen LogP contribution < -0.4 is 25.0 Å². The minimum Gasteiger partial charge on any atom is -0.495 e. The Balaban J connectivity index is 1.63. The van der Waals surface area contributed by atoms with E-state index in [1.165, 1.54) is 13.3 Å². The van der Waals surface area contributed by atoms with Crippen LogP contribution in [0.2, 0.25) is 0 Å². The SMILES string of the molecule is CCOc1cc(/C=N\NC(=O)C(=O)Nc2ccccc2OC)ccc1OC(=O)c1ccccc1. The third-order valence-corrected chi connectivity index (χ3v) is 4.42. The molecule has 0 bridgehead atoms. The molecule has 34 heavy (non-hydrogen) atoms. The Hall–Kier alpha value is -4.66. The van der Waals surface area contributed by atoms with Gasteiger partial charge in [0.05, 0.1) is 31.2 Å². The molecule has 2 N–H and O–H groups in total. The second-order valence-electron chi connectivity index (χ2n) is 6.75. The lowest BCUT2D eigenvalue weighted by Gasteiger charge is -2.11. The van der Waals surface area contributed by atoms with Gasteiger partial charge in [-0.2, -0.15) is 5.10 Å². The van der Waals surface area contributed by atoms with Crippen LogP contribution in [-0.2, 0) is 9.59 Å². The quantitative estimate of drug-likeness (QED) is 0.175. The van der Waals surface area contributed by atoms with E-state index in [0.29, 0.717) is 34.9 Å². The maximum atomic E-state index is 12.3. The van der Waals surface area contributed by atoms with Gasteiger partial charge in [-0.05, 0) is 55.0 Å². The van der Waals surface area contributed by atoms with Crippen molar-refractivity contribution >= 4 is 29.7 Å². The summed E-state index contributed by atoms with van der Waals surface area (Å²) in [6.45, 7) is 2.14. The van der Waals surface area contributed by atoms with Gasteiger partial charge < -0.3 is 19.5 Å². The lowest BCUT2D eigenvalue weighted by Crippen LogP contribution is -2.32. The minimum absolute atomic E-state index is 0.244. The van der Waals surface area contributed by atoms with Crippen LogP contribution >= 0.6 is 0 Å². The van der Waals surface area contributed by atoms with E-state index >= 15 is 0 Å². The Morgan fingerprint density at radius 2 is 1.62 bits per heavy atom. The lowest BCUT2D eigenvalue weighted by atomic mass is 10.2. The number of nitrogens with zero attached hydrogens (tertiary/aromatic N) is 1. The van der Waals surface area contributed by atoms with E-state index in [2.05, 4.69) is 15.8 Å². The molecule has 0 aliphatic heterocycles. The topological polar surface area (TPSA) is 115 Å². The van der Waals surface area contributed by atoms with Crippen LogP contribution in [0.15, 0.2) is 77.9 Å². The molecule has 0 fully saturated rings. The first-order chi connectivity index (χ1) is 16.5. The molecule has 0 unspecified atom stereocenters. The lowest BCUT2D eigenvalue weighted by molar-refractivity contribution is -0.136. The smallest absolute Gasteiger partial charge is 0.343 e. The van der Waals surface area contributed by atoms with Gasteiger partial charge in [0.15, 0.2) is 11.5 Å². The Kier molecular flexibility index (Phi) is 8.34. The Labute approximate surface area is 196 Å². The fourth-order valence-electron chi connectivity index (χ4n) is 2.83. The highest BCUT2D eigenvalue weighted by Gasteiger charge is 2.15. The van der Waals surface area contributed by atoms with Gasteiger partial charge in [-0.15, -0.1) is 0 Å². The van der Waals surface area contributed by atoms with Crippen LogP contribution in [-0.4, -0.2) is 37.7 Å². The van der Waals surface area contributed by atoms with Crippen LogP contribution in [0.5, 0.6) is 17.2 Å². The summed E-state index contributed by atoms with van der Waals surface area (Å²) in [5, 5.41) is 6.26. The monoisotopic (exact) mass is 461 g/mol. The fraction of sp³-hybridized carbons (Fsp3) is 0.120. The largest absolute Gasteiger partial charge is 0.495 e. The van der Waals surface area contributed by atoms with Gasteiger partial charge in [-0.3, -0.25) is 9.59 Å². The number of carbonyl (C=O) groups excluding carboxylic acids is 3. The third-order valence-electron chi connectivity index (χ3n) is 4.42. The van der Waals surface area contributed by atoms with E-state index in [0.717, 1.165) is 0 Å². The van der Waals surface area contributed by atoms with E-state index < -0.39 is 17.8 Å². The molecular weight excluding hydrogens is 438 g/mol. The van der Waals surface area contributed by atoms with Gasteiger partial charge in [0.1, 0.15) is 5.75 Å². The molecule has 3 aromatic carbocycles. The van der Waals surface area contributed by atoms with Crippen molar-refractivity contribution in [2.45, 2.75) is 6.92 Å². The number of hydrazone groups is 1. The van der Waals surface area contributed by atoms with Gasteiger partial charge in [0, 0.05) is 0 Å². The maximum Gasteiger partial charge on any atom is 0.343 e. The van der Waals surface area contributed by atoms with Crippen LogP contribution in [0.3, 0.4) is 0 Å². The Bertz CT molecular complexity index is 1190. The molecule has 0 radical (unpaired) electrons. The zero-order valence-electron chi connectivity index (χ0n) is 18.6. The average molecular weight is 461 g/mol. The predicted octanol–water partition coefficient (Wildman–Crippen LogP) is 3.40. The highest BCUT2D eigenvalue weighted by atomic mass is 16.6. The number of rotatable bonds is 8. The number of ether oxygens (including phenoxy) is 3. The summed E-state index contributed by atoms with van der Waals surface area (Å²) in [5.74, 6) is -1.38. The van der Waals surface area contributed by atoms with Crippen molar-refractivity contribution in [2.24, 2.45) is 5.10 Å². The zero-order valence-corrected chi connectivity index (χ0v) is 18.6. The molecule has 0 saturated heterocycles. The van der Waals surface area contributed by atoms with Gasteiger partial charge in [-0.25, -0.2) is 10.2 Å². The number of esters is 1. The fourth-order valence-corrected chi connectivity index (χ4v) is 2.83. The van der Waals surface area contributed by atoms with Crippen molar-refractivity contribution in [3.05, 3.63) is 83.9 Å². The van der Waals surface area contributed by atoms with E-state index in [9.17, 15) is 14.4 Å². The number of para-hydroxylation sites is 2. The van der Waals surface area contributed by atoms with E-state index in [1.54, 1.807) is 79.7 Å². The van der Waals surface area contributed by atoms with Gasteiger partial charge in [0.25, 0.3) is 0 Å². The average Bonchev–Trinajstić information content (AvgIpc) is 2.86. The first-order valence-corrected chi connectivity index (χ1v) is 10.3. The maximum absolute atomic E-state index is 12.3. The molecule has 0 heterocycles. The molecule has 2 amide bonds. The van der Waals surface area contributed by atoms with E-state index in [1.807, 2.05) is 0 Å². The number of anilines is 1. The zero-order chi connectivity index (χ0) is 24.3. The van der Waals surface area contributed by atoms with Crippen molar-refractivity contribution in [3.63, 3.8) is 0 Å². The highest BCUT2D eigenvalue weighted by molar-refractivity contribution is 6.39. The number of amides is 2. The minimum atomic E-state index is -0.958. The molecule has 0 atom stereocenters. The first kappa shape index (κ1) is 24.0. The number of hydrogen-bond donors (Lipinski definition) is 2.